The van der Waals surface area contributed by atoms with E-state index < -0.39 is 0 Å². The van der Waals surface area contributed by atoms with Crippen LogP contribution in [0, 0.1) is 0 Å². The van der Waals surface area contributed by atoms with Gasteiger partial charge in [0, 0.05) is 17.9 Å². The molecule has 98 valence electrons. The van der Waals surface area contributed by atoms with Crippen molar-refractivity contribution >= 4 is 29.2 Å². The van der Waals surface area contributed by atoms with Crippen LogP contribution in [0.15, 0.2) is 4.99 Å². The highest BCUT2D eigenvalue weighted by atomic mass is 32.2. The first-order chi connectivity index (χ1) is 8.01. The summed E-state index contributed by atoms with van der Waals surface area (Å²) in [7, 11) is 0. The largest absolute Gasteiger partial charge is 0.382 e. The van der Waals surface area contributed by atoms with Crippen LogP contribution < -0.4 is 0 Å². The normalized spacial score (nSPS) is 41.2. The highest BCUT2D eigenvalue weighted by Gasteiger charge is 2.57. The van der Waals surface area contributed by atoms with E-state index in [1.807, 2.05) is 11.8 Å². The van der Waals surface area contributed by atoms with Crippen molar-refractivity contribution in [1.29, 1.82) is 0 Å². The van der Waals surface area contributed by atoms with Gasteiger partial charge in [-0.25, -0.2) is 0 Å². The van der Waals surface area contributed by atoms with Crippen LogP contribution in [-0.2, 0) is 0 Å². The molecule has 17 heavy (non-hydrogen) atoms. The molecule has 2 heterocycles. The third-order valence-electron chi connectivity index (χ3n) is 3.80. The van der Waals surface area contributed by atoms with Gasteiger partial charge in [-0.1, -0.05) is 26.2 Å². The molecular weight excluding hydrogens is 250 g/mol. The van der Waals surface area contributed by atoms with E-state index in [4.69, 9.17) is 4.99 Å². The zero-order chi connectivity index (χ0) is 12.5. The Labute approximate surface area is 113 Å². The van der Waals surface area contributed by atoms with Crippen molar-refractivity contribution in [1.82, 2.24) is 0 Å². The standard InChI is InChI=1S/C13H23NOS2/c1-4-5-6-7-13(14-10(2)9-16-13)12(3)8-11(15)17-12/h11,15H,4-9H2,1-3H3. The van der Waals surface area contributed by atoms with Crippen molar-refractivity contribution in [2.24, 2.45) is 4.99 Å². The van der Waals surface area contributed by atoms with Gasteiger partial charge >= 0.3 is 0 Å². The number of rotatable bonds is 5. The number of aliphatic hydroxyl groups excluding tert-OH is 1. The summed E-state index contributed by atoms with van der Waals surface area (Å²) < 4.78 is 0.141. The van der Waals surface area contributed by atoms with E-state index in [1.54, 1.807) is 11.8 Å². The van der Waals surface area contributed by atoms with E-state index in [1.165, 1.54) is 31.4 Å². The fraction of sp³-hybridized carbons (Fsp3) is 0.923. The summed E-state index contributed by atoms with van der Waals surface area (Å²) in [6.45, 7) is 6.66. The van der Waals surface area contributed by atoms with Crippen LogP contribution in [0.5, 0.6) is 0 Å². The van der Waals surface area contributed by atoms with Gasteiger partial charge in [-0.05, 0) is 20.3 Å². The van der Waals surface area contributed by atoms with E-state index in [2.05, 4.69) is 20.8 Å². The molecule has 0 aromatic rings. The maximum atomic E-state index is 9.60. The molecule has 0 radical (unpaired) electrons. The molecule has 4 heteroatoms. The Kier molecular flexibility index (Phi) is 4.16. The Bertz CT molecular complexity index is 313. The average Bonchev–Trinajstić information content (AvgIpc) is 2.60. The molecule has 0 bridgehead atoms. The first kappa shape index (κ1) is 13.8. The molecule has 0 aliphatic carbocycles. The molecule has 0 saturated carbocycles. The van der Waals surface area contributed by atoms with Crippen LogP contribution >= 0.6 is 23.5 Å². The summed E-state index contributed by atoms with van der Waals surface area (Å²) in [5, 5.41) is 9.60. The molecule has 2 aliphatic heterocycles. The topological polar surface area (TPSA) is 32.6 Å². The Morgan fingerprint density at radius 2 is 2.18 bits per heavy atom. The van der Waals surface area contributed by atoms with E-state index in [9.17, 15) is 5.11 Å². The Hall–Kier alpha value is 0.330. The van der Waals surface area contributed by atoms with Crippen molar-refractivity contribution in [2.45, 2.75) is 67.9 Å². The molecule has 0 spiro atoms. The Morgan fingerprint density at radius 3 is 2.65 bits per heavy atom. The fourth-order valence-corrected chi connectivity index (χ4v) is 5.79. The highest BCUT2D eigenvalue weighted by Crippen LogP contribution is 2.60. The SMILES string of the molecule is CCCCCC1(C2(C)CC(O)S2)N=C(C)CS1. The lowest BCUT2D eigenvalue weighted by atomic mass is 9.91. The maximum absolute atomic E-state index is 9.60. The predicted octanol–water partition coefficient (Wildman–Crippen LogP) is 3.68. The fourth-order valence-electron chi connectivity index (χ4n) is 2.75. The smallest absolute Gasteiger partial charge is 0.121 e. The number of nitrogens with zero attached hydrogens (tertiary/aromatic N) is 1. The van der Waals surface area contributed by atoms with Crippen LogP contribution in [0.3, 0.4) is 0 Å². The Morgan fingerprint density at radius 1 is 1.47 bits per heavy atom. The quantitative estimate of drug-likeness (QED) is 0.776. The lowest BCUT2D eigenvalue weighted by Gasteiger charge is -2.51. The number of aliphatic imine (C=N–C) groups is 1. The van der Waals surface area contributed by atoms with E-state index >= 15 is 0 Å². The number of thioether (sulfide) groups is 2. The summed E-state index contributed by atoms with van der Waals surface area (Å²) in [5.41, 5.74) is 1.11. The summed E-state index contributed by atoms with van der Waals surface area (Å²) in [6, 6.07) is 0. The average molecular weight is 273 g/mol. The van der Waals surface area contributed by atoms with Crippen molar-refractivity contribution in [3.05, 3.63) is 0 Å². The van der Waals surface area contributed by atoms with E-state index in [0.717, 1.165) is 12.2 Å². The molecule has 0 aromatic heterocycles. The van der Waals surface area contributed by atoms with Crippen LogP contribution in [0.2, 0.25) is 0 Å². The van der Waals surface area contributed by atoms with Gasteiger partial charge in [-0.3, -0.25) is 4.99 Å². The molecule has 1 N–H and O–H groups in total. The van der Waals surface area contributed by atoms with E-state index in [0.29, 0.717) is 0 Å². The molecule has 2 rings (SSSR count). The number of aliphatic hydroxyl groups is 1. The van der Waals surface area contributed by atoms with Gasteiger partial charge in [0.1, 0.15) is 10.3 Å². The zero-order valence-electron chi connectivity index (χ0n) is 11.0. The van der Waals surface area contributed by atoms with Crippen molar-refractivity contribution in [3.63, 3.8) is 0 Å². The number of hydrogen-bond donors (Lipinski definition) is 1. The maximum Gasteiger partial charge on any atom is 0.121 e. The monoisotopic (exact) mass is 273 g/mol. The molecule has 2 nitrogen and oxygen atoms in total. The zero-order valence-corrected chi connectivity index (χ0v) is 12.7. The Balaban J connectivity index is 2.08. The van der Waals surface area contributed by atoms with Crippen molar-refractivity contribution in [3.8, 4) is 0 Å². The predicted molar refractivity (Wildman–Crippen MR) is 79.1 cm³/mol. The van der Waals surface area contributed by atoms with Gasteiger partial charge in [0.25, 0.3) is 0 Å². The van der Waals surface area contributed by atoms with Crippen LogP contribution in [0.4, 0.5) is 0 Å². The highest BCUT2D eigenvalue weighted by molar-refractivity contribution is 8.06. The van der Waals surface area contributed by atoms with Gasteiger partial charge in [0.15, 0.2) is 0 Å². The minimum absolute atomic E-state index is 0.0378. The second-order valence-corrected chi connectivity index (χ2v) is 8.32. The van der Waals surface area contributed by atoms with Crippen molar-refractivity contribution < 1.29 is 5.11 Å². The summed E-state index contributed by atoms with van der Waals surface area (Å²) in [6.07, 6.45) is 5.87. The first-order valence-electron chi connectivity index (χ1n) is 6.56. The third-order valence-corrected chi connectivity index (χ3v) is 7.18. The summed E-state index contributed by atoms with van der Waals surface area (Å²) in [4.78, 5) is 5.01. The first-order valence-corrected chi connectivity index (χ1v) is 8.43. The van der Waals surface area contributed by atoms with Gasteiger partial charge in [-0.15, -0.1) is 23.5 Å². The van der Waals surface area contributed by atoms with Gasteiger partial charge < -0.3 is 5.11 Å². The molecule has 0 aromatic carbocycles. The molecule has 3 unspecified atom stereocenters. The van der Waals surface area contributed by atoms with Gasteiger partial charge in [0.05, 0.1) is 4.75 Å². The summed E-state index contributed by atoms with van der Waals surface area (Å²) >= 11 is 3.71. The van der Waals surface area contributed by atoms with Crippen LogP contribution in [0.1, 0.15) is 52.9 Å². The third kappa shape index (κ3) is 2.54. The van der Waals surface area contributed by atoms with Crippen LogP contribution in [0.25, 0.3) is 0 Å². The minimum Gasteiger partial charge on any atom is -0.382 e. The minimum atomic E-state index is -0.167. The number of hydrogen-bond acceptors (Lipinski definition) is 4. The lowest BCUT2D eigenvalue weighted by Crippen LogP contribution is -2.53. The molecule has 1 saturated heterocycles. The number of unbranched alkanes of at least 4 members (excludes halogenated alkanes) is 2. The molecule has 3 atom stereocenters. The molecular formula is C13H23NOS2. The van der Waals surface area contributed by atoms with Gasteiger partial charge in [0.2, 0.25) is 0 Å². The molecule has 1 fully saturated rings. The summed E-state index contributed by atoms with van der Waals surface area (Å²) in [5.74, 6) is 1.07. The van der Waals surface area contributed by atoms with Gasteiger partial charge in [-0.2, -0.15) is 0 Å². The lowest BCUT2D eigenvalue weighted by molar-refractivity contribution is 0.190. The van der Waals surface area contributed by atoms with E-state index in [-0.39, 0.29) is 15.1 Å². The molecule has 0 amide bonds. The second kappa shape index (κ2) is 5.14. The molecule has 2 aliphatic rings. The second-order valence-electron chi connectivity index (χ2n) is 5.38. The van der Waals surface area contributed by atoms with Crippen molar-refractivity contribution in [2.75, 3.05) is 5.75 Å². The van der Waals surface area contributed by atoms with Crippen LogP contribution in [-0.4, -0.2) is 31.6 Å².